The van der Waals surface area contributed by atoms with Crippen molar-refractivity contribution in [1.29, 1.82) is 0 Å². The second-order valence-electron chi connectivity index (χ2n) is 8.80. The number of aryl methyl sites for hydroxylation is 2. The highest BCUT2D eigenvalue weighted by atomic mass is 16.5. The van der Waals surface area contributed by atoms with Crippen molar-refractivity contribution in [2.45, 2.75) is 39.3 Å². The number of benzene rings is 2. The van der Waals surface area contributed by atoms with Crippen LogP contribution in [0.2, 0.25) is 0 Å². The number of aromatic nitrogens is 2. The zero-order chi connectivity index (χ0) is 23.6. The molecule has 7 nitrogen and oxygen atoms in total. The first-order valence-electron chi connectivity index (χ1n) is 11.2. The van der Waals surface area contributed by atoms with Gasteiger partial charge in [-0.25, -0.2) is 0 Å². The number of carbonyl (C=O) groups is 2. The summed E-state index contributed by atoms with van der Waals surface area (Å²) in [6.45, 7) is 7.07. The Morgan fingerprint density at radius 2 is 1.82 bits per heavy atom. The van der Waals surface area contributed by atoms with Gasteiger partial charge >= 0.3 is 0 Å². The third-order valence-corrected chi connectivity index (χ3v) is 5.99. The first-order chi connectivity index (χ1) is 15.8. The fourth-order valence-corrected chi connectivity index (χ4v) is 4.42. The van der Waals surface area contributed by atoms with Crippen molar-refractivity contribution in [3.8, 4) is 11.3 Å². The molecule has 0 spiro atoms. The summed E-state index contributed by atoms with van der Waals surface area (Å²) in [5.74, 6) is -0.455. The highest BCUT2D eigenvalue weighted by Crippen LogP contribution is 2.35. The molecule has 0 saturated heterocycles. The molecular formula is C26H30N4O3. The van der Waals surface area contributed by atoms with Crippen molar-refractivity contribution in [1.82, 2.24) is 15.1 Å². The molecule has 172 valence electrons. The molecule has 4 rings (SSSR count). The van der Waals surface area contributed by atoms with Crippen molar-refractivity contribution in [2.75, 3.05) is 25.2 Å². The van der Waals surface area contributed by atoms with E-state index in [4.69, 9.17) is 9.84 Å². The lowest BCUT2D eigenvalue weighted by Gasteiger charge is -2.43. The normalized spacial score (nSPS) is 17.7. The van der Waals surface area contributed by atoms with Gasteiger partial charge in [0, 0.05) is 31.5 Å². The minimum atomic E-state index is -1.14. The van der Waals surface area contributed by atoms with Crippen LogP contribution in [0.15, 0.2) is 54.6 Å². The maximum absolute atomic E-state index is 13.8. The third kappa shape index (κ3) is 4.41. The first-order valence-corrected chi connectivity index (χ1v) is 11.2. The predicted molar refractivity (Wildman–Crippen MR) is 128 cm³/mol. The van der Waals surface area contributed by atoms with Crippen LogP contribution in [0.3, 0.4) is 0 Å². The van der Waals surface area contributed by atoms with Crippen LogP contribution in [0.5, 0.6) is 0 Å². The van der Waals surface area contributed by atoms with Gasteiger partial charge in [-0.3, -0.25) is 19.2 Å². The van der Waals surface area contributed by atoms with Crippen molar-refractivity contribution >= 4 is 17.5 Å². The standard InChI is InChI=1S/C26H30N4O3/c1-18-13-19(2)15-21(14-18)30-24(31)23-16-22(20-9-6-5-7-10-20)28-29(23)17-26(30,3)25(32)27-11-8-12-33-4/h5-7,9-10,13-16H,8,11-12,17H2,1-4H3,(H,27,32). The van der Waals surface area contributed by atoms with Crippen molar-refractivity contribution in [3.63, 3.8) is 0 Å². The van der Waals surface area contributed by atoms with Gasteiger partial charge in [0.2, 0.25) is 5.91 Å². The largest absolute Gasteiger partial charge is 0.385 e. The molecule has 1 aliphatic heterocycles. The van der Waals surface area contributed by atoms with E-state index in [-0.39, 0.29) is 18.4 Å². The molecule has 0 radical (unpaired) electrons. The number of nitrogens with one attached hydrogen (secondary N) is 1. The summed E-state index contributed by atoms with van der Waals surface area (Å²) in [4.78, 5) is 29.0. The molecule has 1 unspecified atom stereocenters. The zero-order valence-corrected chi connectivity index (χ0v) is 19.6. The SMILES string of the molecule is COCCCNC(=O)C1(C)Cn2nc(-c3ccccc3)cc2C(=O)N1c1cc(C)cc(C)c1. The average molecular weight is 447 g/mol. The van der Waals surface area contributed by atoms with E-state index < -0.39 is 5.54 Å². The molecule has 1 aromatic heterocycles. The van der Waals surface area contributed by atoms with Crippen molar-refractivity contribution < 1.29 is 14.3 Å². The lowest BCUT2D eigenvalue weighted by molar-refractivity contribution is -0.126. The van der Waals surface area contributed by atoms with E-state index in [1.165, 1.54) is 0 Å². The summed E-state index contributed by atoms with van der Waals surface area (Å²) in [6.07, 6.45) is 0.695. The Balaban J connectivity index is 1.77. The molecular weight excluding hydrogens is 416 g/mol. The van der Waals surface area contributed by atoms with E-state index in [0.717, 1.165) is 16.7 Å². The van der Waals surface area contributed by atoms with Gasteiger partial charge in [0.1, 0.15) is 11.2 Å². The molecule has 3 aromatic rings. The molecule has 0 bridgehead atoms. The van der Waals surface area contributed by atoms with Gasteiger partial charge < -0.3 is 10.1 Å². The van der Waals surface area contributed by atoms with E-state index in [1.807, 2.05) is 62.4 Å². The molecule has 0 fully saturated rings. The summed E-state index contributed by atoms with van der Waals surface area (Å²) in [7, 11) is 1.63. The number of carbonyl (C=O) groups excluding carboxylic acids is 2. The van der Waals surface area contributed by atoms with E-state index in [2.05, 4.69) is 11.4 Å². The Morgan fingerprint density at radius 3 is 2.48 bits per heavy atom. The zero-order valence-electron chi connectivity index (χ0n) is 19.6. The Labute approximate surface area is 194 Å². The van der Waals surface area contributed by atoms with E-state index in [1.54, 1.807) is 23.6 Å². The second-order valence-corrected chi connectivity index (χ2v) is 8.80. The smallest absolute Gasteiger partial charge is 0.277 e. The molecule has 33 heavy (non-hydrogen) atoms. The Hall–Kier alpha value is -3.45. The van der Waals surface area contributed by atoms with Crippen LogP contribution >= 0.6 is 0 Å². The molecule has 0 saturated carbocycles. The molecule has 1 N–H and O–H groups in total. The van der Waals surface area contributed by atoms with Crippen LogP contribution in [-0.2, 0) is 16.1 Å². The van der Waals surface area contributed by atoms with Crippen LogP contribution < -0.4 is 10.2 Å². The minimum absolute atomic E-state index is 0.214. The molecule has 0 aliphatic carbocycles. The highest BCUT2D eigenvalue weighted by Gasteiger charge is 2.48. The molecule has 2 heterocycles. The van der Waals surface area contributed by atoms with Gasteiger partial charge in [0.15, 0.2) is 0 Å². The number of anilines is 1. The van der Waals surface area contributed by atoms with Gasteiger partial charge in [-0.05, 0) is 56.5 Å². The Morgan fingerprint density at radius 1 is 1.12 bits per heavy atom. The van der Waals surface area contributed by atoms with Crippen LogP contribution in [-0.4, -0.2) is 47.4 Å². The average Bonchev–Trinajstić information content (AvgIpc) is 3.20. The number of hydrogen-bond acceptors (Lipinski definition) is 4. The van der Waals surface area contributed by atoms with Gasteiger partial charge in [0.05, 0.1) is 12.2 Å². The predicted octanol–water partition coefficient (Wildman–Crippen LogP) is 3.74. The van der Waals surface area contributed by atoms with Gasteiger partial charge in [0.25, 0.3) is 5.91 Å². The maximum atomic E-state index is 13.8. The lowest BCUT2D eigenvalue weighted by atomic mass is 9.93. The fraction of sp³-hybridized carbons (Fsp3) is 0.346. The number of methoxy groups -OCH3 is 1. The van der Waals surface area contributed by atoms with Crippen molar-refractivity contribution in [2.24, 2.45) is 0 Å². The summed E-state index contributed by atoms with van der Waals surface area (Å²) in [5, 5.41) is 7.68. The second kappa shape index (κ2) is 9.19. The van der Waals surface area contributed by atoms with E-state index in [0.29, 0.717) is 36.6 Å². The Kier molecular flexibility index (Phi) is 6.33. The van der Waals surface area contributed by atoms with Crippen LogP contribution in [0, 0.1) is 13.8 Å². The molecule has 7 heteroatoms. The first kappa shape index (κ1) is 22.7. The summed E-state index contributed by atoms with van der Waals surface area (Å²) in [5.41, 5.74) is 3.74. The van der Waals surface area contributed by atoms with Crippen LogP contribution in [0.4, 0.5) is 5.69 Å². The molecule has 2 aromatic carbocycles. The molecule has 1 atom stereocenters. The monoisotopic (exact) mass is 446 g/mol. The minimum Gasteiger partial charge on any atom is -0.385 e. The third-order valence-electron chi connectivity index (χ3n) is 5.99. The number of amides is 2. The summed E-state index contributed by atoms with van der Waals surface area (Å²) >= 11 is 0. The topological polar surface area (TPSA) is 76.5 Å². The van der Waals surface area contributed by atoms with Gasteiger partial charge in [-0.15, -0.1) is 0 Å². The van der Waals surface area contributed by atoms with Crippen LogP contribution in [0.1, 0.15) is 35.0 Å². The Bertz CT molecular complexity index is 1150. The summed E-state index contributed by atoms with van der Waals surface area (Å²) in [6, 6.07) is 17.5. The quantitative estimate of drug-likeness (QED) is 0.561. The molecule has 2 amide bonds. The number of rotatable bonds is 7. The van der Waals surface area contributed by atoms with Crippen molar-refractivity contribution in [3.05, 3.63) is 71.4 Å². The van der Waals surface area contributed by atoms with E-state index >= 15 is 0 Å². The summed E-state index contributed by atoms with van der Waals surface area (Å²) < 4.78 is 6.75. The van der Waals surface area contributed by atoms with E-state index in [9.17, 15) is 9.59 Å². The van der Waals surface area contributed by atoms with Crippen LogP contribution in [0.25, 0.3) is 11.3 Å². The molecule has 1 aliphatic rings. The maximum Gasteiger partial charge on any atom is 0.277 e. The lowest BCUT2D eigenvalue weighted by Crippen LogP contribution is -2.64. The number of hydrogen-bond donors (Lipinski definition) is 1. The van der Waals surface area contributed by atoms with Gasteiger partial charge in [-0.1, -0.05) is 36.4 Å². The fourth-order valence-electron chi connectivity index (χ4n) is 4.42. The number of nitrogens with zero attached hydrogens (tertiary/aromatic N) is 3. The number of ether oxygens (including phenoxy) is 1. The number of fused-ring (bicyclic) bond motifs is 1. The van der Waals surface area contributed by atoms with Gasteiger partial charge in [-0.2, -0.15) is 5.10 Å². The highest BCUT2D eigenvalue weighted by molar-refractivity contribution is 6.12.